The van der Waals surface area contributed by atoms with Gasteiger partial charge in [-0.2, -0.15) is 0 Å². The molecule has 0 saturated heterocycles. The second-order valence-corrected chi connectivity index (χ2v) is 4.82. The predicted octanol–water partition coefficient (Wildman–Crippen LogP) is 1.77. The van der Waals surface area contributed by atoms with Gasteiger partial charge in [0, 0.05) is 26.2 Å². The largest absolute Gasteiger partial charge is 0.319 e. The molecule has 1 atom stereocenters. The van der Waals surface area contributed by atoms with Gasteiger partial charge >= 0.3 is 0 Å². The maximum absolute atomic E-state index is 5.96. The van der Waals surface area contributed by atoms with Crippen molar-refractivity contribution >= 4 is 23.2 Å². The Kier molecular flexibility index (Phi) is 5.05. The van der Waals surface area contributed by atoms with Gasteiger partial charge in [-0.1, -0.05) is 11.6 Å². The lowest BCUT2D eigenvalue weighted by Gasteiger charge is -2.20. The summed E-state index contributed by atoms with van der Waals surface area (Å²) < 4.78 is 1.79. The van der Waals surface area contributed by atoms with Crippen LogP contribution >= 0.6 is 23.2 Å². The number of imidazole rings is 1. The average Bonchev–Trinajstić information content (AvgIpc) is 2.44. The molecule has 1 aromatic heterocycles. The zero-order valence-electron chi connectivity index (χ0n) is 10.1. The molecule has 0 aliphatic rings. The van der Waals surface area contributed by atoms with E-state index in [4.69, 9.17) is 23.2 Å². The van der Waals surface area contributed by atoms with E-state index in [0.29, 0.717) is 23.0 Å². The van der Waals surface area contributed by atoms with Crippen molar-refractivity contribution in [3.8, 4) is 0 Å². The Hall–Kier alpha value is -0.290. The number of likely N-dealkylation sites (N-methyl/N-ethyl adjacent to an activating group) is 1. The molecule has 0 aromatic carbocycles. The van der Waals surface area contributed by atoms with Gasteiger partial charge in [0.25, 0.3) is 0 Å². The lowest BCUT2D eigenvalue weighted by Crippen LogP contribution is -2.35. The molecule has 0 fully saturated rings. The van der Waals surface area contributed by atoms with Crippen LogP contribution in [0, 0.1) is 0 Å². The van der Waals surface area contributed by atoms with Crippen molar-refractivity contribution in [1.29, 1.82) is 0 Å². The highest BCUT2D eigenvalue weighted by molar-refractivity contribution is 6.32. The molecule has 1 N–H and O–H groups in total. The van der Waals surface area contributed by atoms with Crippen molar-refractivity contribution in [3.63, 3.8) is 0 Å². The topological polar surface area (TPSA) is 33.1 Å². The van der Waals surface area contributed by atoms with Crippen LogP contribution in [0.15, 0.2) is 0 Å². The molecule has 1 rings (SSSR count). The number of nitrogens with zero attached hydrogens (tertiary/aromatic N) is 3. The summed E-state index contributed by atoms with van der Waals surface area (Å²) in [6, 6.07) is 0.475. The van der Waals surface area contributed by atoms with E-state index in [-0.39, 0.29) is 0 Å². The van der Waals surface area contributed by atoms with Crippen LogP contribution in [0.5, 0.6) is 0 Å². The molecule has 0 aliphatic carbocycles. The van der Waals surface area contributed by atoms with E-state index in [9.17, 15) is 0 Å². The van der Waals surface area contributed by atoms with Crippen molar-refractivity contribution in [3.05, 3.63) is 16.1 Å². The highest BCUT2D eigenvalue weighted by Crippen LogP contribution is 2.18. The lowest BCUT2D eigenvalue weighted by atomic mass is 10.3. The number of halogens is 2. The summed E-state index contributed by atoms with van der Waals surface area (Å²) in [7, 11) is 5.97. The molecule has 0 radical (unpaired) electrons. The fraction of sp³-hybridized carbons (Fsp3) is 0.700. The maximum Gasteiger partial charge on any atom is 0.204 e. The van der Waals surface area contributed by atoms with Crippen LogP contribution in [0.3, 0.4) is 0 Å². The number of nitrogens with one attached hydrogen (secondary N) is 1. The molecule has 6 heteroatoms. The number of hydrogen-bond acceptors (Lipinski definition) is 3. The summed E-state index contributed by atoms with van der Waals surface area (Å²) in [5.41, 5.74) is 0.914. The van der Waals surface area contributed by atoms with Crippen LogP contribution in [-0.4, -0.2) is 41.1 Å². The molecule has 1 aromatic rings. The Morgan fingerprint density at radius 3 is 2.50 bits per heavy atom. The van der Waals surface area contributed by atoms with E-state index < -0.39 is 0 Å². The first-order chi connectivity index (χ1) is 7.43. The van der Waals surface area contributed by atoms with Crippen LogP contribution < -0.4 is 5.32 Å². The van der Waals surface area contributed by atoms with Crippen LogP contribution in [0.25, 0.3) is 0 Å². The SMILES string of the molecule is CC(CNCc1c(Cl)nc(Cl)n1C)N(C)C. The van der Waals surface area contributed by atoms with E-state index in [1.54, 1.807) is 4.57 Å². The summed E-state index contributed by atoms with van der Waals surface area (Å²) in [4.78, 5) is 6.14. The summed E-state index contributed by atoms with van der Waals surface area (Å²) in [6.07, 6.45) is 0. The monoisotopic (exact) mass is 264 g/mol. The van der Waals surface area contributed by atoms with Gasteiger partial charge in [0.2, 0.25) is 5.28 Å². The first-order valence-corrected chi connectivity index (χ1v) is 5.92. The van der Waals surface area contributed by atoms with Crippen molar-refractivity contribution in [2.75, 3.05) is 20.6 Å². The van der Waals surface area contributed by atoms with Gasteiger partial charge in [-0.05, 0) is 32.6 Å². The van der Waals surface area contributed by atoms with Crippen LogP contribution in [0.2, 0.25) is 10.4 Å². The van der Waals surface area contributed by atoms with E-state index in [1.807, 2.05) is 7.05 Å². The molecule has 0 bridgehead atoms. The van der Waals surface area contributed by atoms with Gasteiger partial charge in [-0.15, -0.1) is 0 Å². The Balaban J connectivity index is 2.49. The normalized spacial score (nSPS) is 13.4. The van der Waals surface area contributed by atoms with Gasteiger partial charge < -0.3 is 14.8 Å². The van der Waals surface area contributed by atoms with Gasteiger partial charge in [0.05, 0.1) is 5.69 Å². The number of aromatic nitrogens is 2. The van der Waals surface area contributed by atoms with E-state index >= 15 is 0 Å². The minimum absolute atomic E-state index is 0.419. The van der Waals surface area contributed by atoms with E-state index in [2.05, 4.69) is 36.2 Å². The van der Waals surface area contributed by atoms with Crippen molar-refractivity contribution in [1.82, 2.24) is 19.8 Å². The van der Waals surface area contributed by atoms with E-state index in [1.165, 1.54) is 0 Å². The Morgan fingerprint density at radius 2 is 2.06 bits per heavy atom. The zero-order chi connectivity index (χ0) is 12.3. The summed E-state index contributed by atoms with van der Waals surface area (Å²) >= 11 is 11.8. The van der Waals surface area contributed by atoms with Crippen LogP contribution in [0.4, 0.5) is 0 Å². The molecule has 0 aliphatic heterocycles. The third-order valence-corrected chi connectivity index (χ3v) is 3.36. The summed E-state index contributed by atoms with van der Waals surface area (Å²) in [6.45, 7) is 3.73. The van der Waals surface area contributed by atoms with Crippen molar-refractivity contribution in [2.24, 2.45) is 7.05 Å². The maximum atomic E-state index is 5.96. The smallest absolute Gasteiger partial charge is 0.204 e. The zero-order valence-corrected chi connectivity index (χ0v) is 11.6. The van der Waals surface area contributed by atoms with Gasteiger partial charge in [0.15, 0.2) is 5.15 Å². The molecule has 0 spiro atoms. The van der Waals surface area contributed by atoms with E-state index in [0.717, 1.165) is 12.2 Å². The first kappa shape index (κ1) is 13.8. The second kappa shape index (κ2) is 5.87. The van der Waals surface area contributed by atoms with Gasteiger partial charge in [0.1, 0.15) is 0 Å². The molecule has 1 heterocycles. The summed E-state index contributed by atoms with van der Waals surface area (Å²) in [5.74, 6) is 0. The second-order valence-electron chi connectivity index (χ2n) is 4.12. The predicted molar refractivity (Wildman–Crippen MR) is 68.1 cm³/mol. The van der Waals surface area contributed by atoms with Gasteiger partial charge in [-0.3, -0.25) is 0 Å². The van der Waals surface area contributed by atoms with Crippen molar-refractivity contribution < 1.29 is 0 Å². The van der Waals surface area contributed by atoms with Crippen LogP contribution in [-0.2, 0) is 13.6 Å². The molecular weight excluding hydrogens is 247 g/mol. The molecule has 0 amide bonds. The third kappa shape index (κ3) is 3.35. The minimum Gasteiger partial charge on any atom is -0.319 e. The highest BCUT2D eigenvalue weighted by Gasteiger charge is 2.11. The Morgan fingerprint density at radius 1 is 1.44 bits per heavy atom. The van der Waals surface area contributed by atoms with Crippen LogP contribution in [0.1, 0.15) is 12.6 Å². The highest BCUT2D eigenvalue weighted by atomic mass is 35.5. The molecule has 92 valence electrons. The molecule has 0 saturated carbocycles. The summed E-state index contributed by atoms with van der Waals surface area (Å²) in [5, 5.41) is 4.22. The van der Waals surface area contributed by atoms with Crippen molar-refractivity contribution in [2.45, 2.75) is 19.5 Å². The lowest BCUT2D eigenvalue weighted by molar-refractivity contribution is 0.302. The standard InChI is InChI=1S/C10H18Cl2N4/c1-7(15(2)3)5-13-6-8-9(11)14-10(12)16(8)4/h7,13H,5-6H2,1-4H3. The van der Waals surface area contributed by atoms with Gasteiger partial charge in [-0.25, -0.2) is 4.98 Å². The number of hydrogen-bond donors (Lipinski definition) is 1. The molecular formula is C10H18Cl2N4. The molecule has 16 heavy (non-hydrogen) atoms. The Bertz CT molecular complexity index is 349. The first-order valence-electron chi connectivity index (χ1n) is 5.17. The molecule has 4 nitrogen and oxygen atoms in total. The fourth-order valence-corrected chi connectivity index (χ4v) is 1.75. The minimum atomic E-state index is 0.419. The average molecular weight is 265 g/mol. The Labute approximate surface area is 107 Å². The number of rotatable bonds is 5. The third-order valence-electron chi connectivity index (χ3n) is 2.72. The fourth-order valence-electron chi connectivity index (χ4n) is 1.24. The molecule has 1 unspecified atom stereocenters. The quantitative estimate of drug-likeness (QED) is 0.880.